The molecule has 0 aliphatic rings. The minimum absolute atomic E-state index is 0.364. The van der Waals surface area contributed by atoms with Crippen LogP contribution in [0.4, 0.5) is 8.78 Å². The first-order valence-electron chi connectivity index (χ1n) is 5.79. The number of nitrogens with one attached hydrogen (secondary N) is 1. The molecule has 0 saturated carbocycles. The summed E-state index contributed by atoms with van der Waals surface area (Å²) in [6.07, 6.45) is 3.91. The number of nitrogens with zero attached hydrogens (tertiary/aromatic N) is 2. The molecule has 0 aliphatic heterocycles. The zero-order chi connectivity index (χ0) is 13.0. The molecule has 0 amide bonds. The Morgan fingerprint density at radius 1 is 1.33 bits per heavy atom. The molecule has 1 aromatic carbocycles. The topological polar surface area (TPSA) is 29.9 Å². The Morgan fingerprint density at radius 2 is 2.17 bits per heavy atom. The lowest BCUT2D eigenvalue weighted by atomic mass is 10.1. The maximum atomic E-state index is 13.5. The molecule has 2 rings (SSSR count). The van der Waals surface area contributed by atoms with Gasteiger partial charge in [0.05, 0.1) is 0 Å². The van der Waals surface area contributed by atoms with Crippen molar-refractivity contribution < 1.29 is 8.78 Å². The van der Waals surface area contributed by atoms with Crippen molar-refractivity contribution in [3.05, 3.63) is 53.6 Å². The van der Waals surface area contributed by atoms with Gasteiger partial charge in [0.15, 0.2) is 0 Å². The van der Waals surface area contributed by atoms with E-state index in [1.54, 1.807) is 6.20 Å². The Bertz CT molecular complexity index is 523. The van der Waals surface area contributed by atoms with E-state index in [0.717, 1.165) is 25.0 Å². The second-order valence-electron chi connectivity index (χ2n) is 4.05. The molecule has 1 aromatic heterocycles. The third-order valence-electron chi connectivity index (χ3n) is 2.77. The van der Waals surface area contributed by atoms with Crippen LogP contribution in [0.5, 0.6) is 0 Å². The van der Waals surface area contributed by atoms with Gasteiger partial charge in [-0.1, -0.05) is 6.07 Å². The van der Waals surface area contributed by atoms with Crippen molar-refractivity contribution in [3.8, 4) is 0 Å². The molecule has 0 fully saturated rings. The van der Waals surface area contributed by atoms with Crippen molar-refractivity contribution in [2.45, 2.75) is 13.0 Å². The van der Waals surface area contributed by atoms with E-state index in [-0.39, 0.29) is 0 Å². The van der Waals surface area contributed by atoms with Crippen molar-refractivity contribution in [1.29, 1.82) is 0 Å². The number of imidazole rings is 1. The maximum Gasteiger partial charge on any atom is 0.129 e. The Hall–Kier alpha value is -1.75. The number of likely N-dealkylation sites (N-methyl/N-ethyl adjacent to an activating group) is 1. The van der Waals surface area contributed by atoms with E-state index in [4.69, 9.17) is 0 Å². The van der Waals surface area contributed by atoms with Gasteiger partial charge in [0.2, 0.25) is 0 Å². The first-order valence-corrected chi connectivity index (χ1v) is 5.79. The van der Waals surface area contributed by atoms with Crippen LogP contribution in [0.1, 0.15) is 11.4 Å². The Balaban J connectivity index is 2.15. The van der Waals surface area contributed by atoms with Gasteiger partial charge in [0.1, 0.15) is 17.5 Å². The minimum atomic E-state index is -0.560. The summed E-state index contributed by atoms with van der Waals surface area (Å²) in [4.78, 5) is 4.20. The van der Waals surface area contributed by atoms with Crippen LogP contribution in [0.15, 0.2) is 30.6 Å². The Morgan fingerprint density at radius 3 is 2.89 bits per heavy atom. The lowest BCUT2D eigenvalue weighted by Gasteiger charge is -2.08. The third-order valence-corrected chi connectivity index (χ3v) is 2.77. The fraction of sp³-hybridized carbons (Fsp3) is 0.308. The minimum Gasteiger partial charge on any atom is -0.333 e. The quantitative estimate of drug-likeness (QED) is 0.880. The number of hydrogen-bond acceptors (Lipinski definition) is 2. The Labute approximate surface area is 104 Å². The fourth-order valence-corrected chi connectivity index (χ4v) is 1.78. The average molecular weight is 251 g/mol. The molecule has 1 heterocycles. The van der Waals surface area contributed by atoms with Crippen LogP contribution < -0.4 is 5.32 Å². The van der Waals surface area contributed by atoms with E-state index < -0.39 is 11.6 Å². The second kappa shape index (κ2) is 5.73. The summed E-state index contributed by atoms with van der Waals surface area (Å²) >= 11 is 0. The summed E-state index contributed by atoms with van der Waals surface area (Å²) in [6, 6.07) is 3.62. The molecule has 3 nitrogen and oxygen atoms in total. The Kier molecular flexibility index (Phi) is 4.04. The molecule has 0 aliphatic carbocycles. The number of rotatable bonds is 5. The summed E-state index contributed by atoms with van der Waals surface area (Å²) in [6.45, 7) is 1.59. The van der Waals surface area contributed by atoms with Gasteiger partial charge in [-0.05, 0) is 18.7 Å². The molecular weight excluding hydrogens is 236 g/mol. The number of aromatic nitrogens is 2. The van der Waals surface area contributed by atoms with Crippen LogP contribution in [-0.4, -0.2) is 23.1 Å². The van der Waals surface area contributed by atoms with Crippen LogP contribution in [0.2, 0.25) is 0 Å². The van der Waals surface area contributed by atoms with Crippen molar-refractivity contribution in [2.75, 3.05) is 13.6 Å². The SMILES string of the molecule is CNCCn1ccnc1Cc1ccc(F)cc1F. The van der Waals surface area contributed by atoms with Crippen LogP contribution in [0.3, 0.4) is 0 Å². The summed E-state index contributed by atoms with van der Waals surface area (Å²) < 4.78 is 28.3. The molecule has 2 aromatic rings. The van der Waals surface area contributed by atoms with E-state index in [1.165, 1.54) is 12.1 Å². The molecule has 0 bridgehead atoms. The van der Waals surface area contributed by atoms with Crippen LogP contribution in [-0.2, 0) is 13.0 Å². The first-order chi connectivity index (χ1) is 8.70. The highest BCUT2D eigenvalue weighted by Crippen LogP contribution is 2.13. The van der Waals surface area contributed by atoms with E-state index in [0.29, 0.717) is 12.0 Å². The number of halogens is 2. The smallest absolute Gasteiger partial charge is 0.129 e. The van der Waals surface area contributed by atoms with Crippen molar-refractivity contribution in [2.24, 2.45) is 0 Å². The van der Waals surface area contributed by atoms with Crippen LogP contribution >= 0.6 is 0 Å². The van der Waals surface area contributed by atoms with Gasteiger partial charge in [-0.2, -0.15) is 0 Å². The molecule has 0 spiro atoms. The zero-order valence-electron chi connectivity index (χ0n) is 10.2. The van der Waals surface area contributed by atoms with Gasteiger partial charge in [-0.3, -0.25) is 0 Å². The average Bonchev–Trinajstić information content (AvgIpc) is 2.77. The number of benzene rings is 1. The fourth-order valence-electron chi connectivity index (χ4n) is 1.78. The predicted molar refractivity (Wildman–Crippen MR) is 65.3 cm³/mol. The molecule has 18 heavy (non-hydrogen) atoms. The van der Waals surface area contributed by atoms with Gasteiger partial charge in [-0.25, -0.2) is 13.8 Å². The molecule has 5 heteroatoms. The van der Waals surface area contributed by atoms with Gasteiger partial charge >= 0.3 is 0 Å². The monoisotopic (exact) mass is 251 g/mol. The summed E-state index contributed by atoms with van der Waals surface area (Å²) in [5, 5.41) is 3.04. The highest BCUT2D eigenvalue weighted by atomic mass is 19.1. The van der Waals surface area contributed by atoms with E-state index in [1.807, 2.05) is 17.8 Å². The lowest BCUT2D eigenvalue weighted by Crippen LogP contribution is -2.16. The van der Waals surface area contributed by atoms with E-state index in [2.05, 4.69) is 10.3 Å². The molecule has 0 unspecified atom stereocenters. The first kappa shape index (κ1) is 12.7. The zero-order valence-corrected chi connectivity index (χ0v) is 10.2. The predicted octanol–water partition coefficient (Wildman–Crippen LogP) is 1.97. The molecule has 1 N–H and O–H groups in total. The molecule has 96 valence electrons. The normalized spacial score (nSPS) is 10.8. The summed E-state index contributed by atoms with van der Waals surface area (Å²) in [5.41, 5.74) is 0.452. The van der Waals surface area contributed by atoms with Crippen molar-refractivity contribution in [3.63, 3.8) is 0 Å². The maximum absolute atomic E-state index is 13.5. The highest BCUT2D eigenvalue weighted by molar-refractivity contribution is 5.22. The van der Waals surface area contributed by atoms with Gasteiger partial charge < -0.3 is 9.88 Å². The summed E-state index contributed by atoms with van der Waals surface area (Å²) in [5.74, 6) is -0.316. The van der Waals surface area contributed by atoms with Crippen LogP contribution in [0.25, 0.3) is 0 Å². The van der Waals surface area contributed by atoms with Crippen molar-refractivity contribution >= 4 is 0 Å². The second-order valence-corrected chi connectivity index (χ2v) is 4.05. The van der Waals surface area contributed by atoms with Crippen LogP contribution in [0, 0.1) is 11.6 Å². The summed E-state index contributed by atoms with van der Waals surface area (Å²) in [7, 11) is 1.87. The molecule has 0 radical (unpaired) electrons. The largest absolute Gasteiger partial charge is 0.333 e. The highest BCUT2D eigenvalue weighted by Gasteiger charge is 2.08. The van der Waals surface area contributed by atoms with Gasteiger partial charge in [0, 0.05) is 38.0 Å². The van der Waals surface area contributed by atoms with E-state index >= 15 is 0 Å². The van der Waals surface area contributed by atoms with E-state index in [9.17, 15) is 8.78 Å². The standard InChI is InChI=1S/C13H15F2N3/c1-16-4-6-18-7-5-17-13(18)8-10-2-3-11(14)9-12(10)15/h2-3,5,7,9,16H,4,6,8H2,1H3. The van der Waals surface area contributed by atoms with Gasteiger partial charge in [0.25, 0.3) is 0 Å². The molecule has 0 saturated heterocycles. The van der Waals surface area contributed by atoms with Crippen molar-refractivity contribution in [1.82, 2.24) is 14.9 Å². The molecule has 0 atom stereocenters. The van der Waals surface area contributed by atoms with Gasteiger partial charge in [-0.15, -0.1) is 0 Å². The lowest BCUT2D eigenvalue weighted by molar-refractivity contribution is 0.569. The third kappa shape index (κ3) is 2.92. The molecular formula is C13H15F2N3. The number of hydrogen-bond donors (Lipinski definition) is 1.